The molecule has 0 aliphatic carbocycles. The molecule has 1 aliphatic rings. The van der Waals surface area contributed by atoms with Gasteiger partial charge in [-0.15, -0.1) is 0 Å². The molecule has 1 rings (SSSR count). The molecule has 1 atom stereocenters. The van der Waals surface area contributed by atoms with Gasteiger partial charge < -0.3 is 20.2 Å². The van der Waals surface area contributed by atoms with Crippen molar-refractivity contribution < 1.29 is 5.11 Å². The average Bonchev–Trinajstić information content (AvgIpc) is 2.32. The number of likely N-dealkylation sites (N-methyl/N-ethyl adjacent to an activating group) is 2. The van der Waals surface area contributed by atoms with E-state index < -0.39 is 0 Å². The minimum Gasteiger partial charge on any atom is -0.394 e. The zero-order valence-corrected chi connectivity index (χ0v) is 11.7. The number of nitrogens with one attached hydrogen (secondary N) is 1. The Kier molecular flexibility index (Phi) is 6.41. The van der Waals surface area contributed by atoms with Gasteiger partial charge in [0.25, 0.3) is 0 Å². The highest BCUT2D eigenvalue weighted by Gasteiger charge is 2.22. The third-order valence-corrected chi connectivity index (χ3v) is 3.75. The molecule has 0 amide bonds. The van der Waals surface area contributed by atoms with E-state index in [1.165, 1.54) is 26.2 Å². The number of piperazine rings is 1. The fourth-order valence-electron chi connectivity index (χ4n) is 2.41. The molecular weight excluding hydrogens is 214 g/mol. The van der Waals surface area contributed by atoms with E-state index in [1.54, 1.807) is 0 Å². The first kappa shape index (κ1) is 14.9. The summed E-state index contributed by atoms with van der Waals surface area (Å²) in [5.41, 5.74) is -0.0959. The van der Waals surface area contributed by atoms with Crippen LogP contribution in [0.2, 0.25) is 0 Å². The van der Waals surface area contributed by atoms with Crippen LogP contribution in [0.5, 0.6) is 0 Å². The third-order valence-electron chi connectivity index (χ3n) is 3.75. The molecule has 17 heavy (non-hydrogen) atoms. The van der Waals surface area contributed by atoms with Crippen LogP contribution >= 0.6 is 0 Å². The van der Waals surface area contributed by atoms with Crippen LogP contribution in [0, 0.1) is 0 Å². The highest BCUT2D eigenvalue weighted by atomic mass is 16.3. The summed E-state index contributed by atoms with van der Waals surface area (Å²) in [6, 6.07) is 0. The third kappa shape index (κ3) is 5.34. The molecule has 0 spiro atoms. The zero-order chi connectivity index (χ0) is 12.7. The topological polar surface area (TPSA) is 38.7 Å². The van der Waals surface area contributed by atoms with Crippen molar-refractivity contribution in [2.45, 2.75) is 32.2 Å². The molecular formula is C13H29N3O. The summed E-state index contributed by atoms with van der Waals surface area (Å²) in [5, 5.41) is 12.8. The molecule has 1 unspecified atom stereocenters. The van der Waals surface area contributed by atoms with Gasteiger partial charge in [-0.2, -0.15) is 0 Å². The standard InChI is InChI=1S/C13H29N3O/c1-4-14-13(2,12-17)6-5-7-16-10-8-15(3)9-11-16/h14,17H,4-12H2,1-3H3. The second-order valence-electron chi connectivity index (χ2n) is 5.50. The predicted octanol–water partition coefficient (Wildman–Crippen LogP) is 0.375. The predicted molar refractivity (Wildman–Crippen MR) is 72.3 cm³/mol. The monoisotopic (exact) mass is 243 g/mol. The molecule has 4 nitrogen and oxygen atoms in total. The van der Waals surface area contributed by atoms with Gasteiger partial charge in [0.15, 0.2) is 0 Å². The van der Waals surface area contributed by atoms with E-state index in [0.717, 1.165) is 25.9 Å². The molecule has 0 bridgehead atoms. The van der Waals surface area contributed by atoms with Crippen LogP contribution < -0.4 is 5.32 Å². The van der Waals surface area contributed by atoms with Crippen molar-refractivity contribution in [1.29, 1.82) is 0 Å². The fourth-order valence-corrected chi connectivity index (χ4v) is 2.41. The molecule has 102 valence electrons. The second kappa shape index (κ2) is 7.31. The lowest BCUT2D eigenvalue weighted by molar-refractivity contribution is 0.134. The van der Waals surface area contributed by atoms with E-state index in [-0.39, 0.29) is 12.1 Å². The summed E-state index contributed by atoms with van der Waals surface area (Å²) >= 11 is 0. The van der Waals surface area contributed by atoms with Crippen molar-refractivity contribution in [2.75, 3.05) is 52.9 Å². The normalized spacial score (nSPS) is 22.6. The molecule has 1 heterocycles. The summed E-state index contributed by atoms with van der Waals surface area (Å²) in [4.78, 5) is 4.91. The molecule has 1 fully saturated rings. The van der Waals surface area contributed by atoms with E-state index in [0.29, 0.717) is 0 Å². The van der Waals surface area contributed by atoms with Crippen molar-refractivity contribution in [1.82, 2.24) is 15.1 Å². The maximum absolute atomic E-state index is 9.41. The Morgan fingerprint density at radius 1 is 1.24 bits per heavy atom. The van der Waals surface area contributed by atoms with Crippen molar-refractivity contribution in [3.8, 4) is 0 Å². The van der Waals surface area contributed by atoms with Gasteiger partial charge in [0.05, 0.1) is 6.61 Å². The van der Waals surface area contributed by atoms with Crippen LogP contribution in [0.25, 0.3) is 0 Å². The van der Waals surface area contributed by atoms with Gasteiger partial charge in [-0.25, -0.2) is 0 Å². The highest BCUT2D eigenvalue weighted by Crippen LogP contribution is 2.12. The van der Waals surface area contributed by atoms with Gasteiger partial charge >= 0.3 is 0 Å². The van der Waals surface area contributed by atoms with Crippen molar-refractivity contribution in [3.05, 3.63) is 0 Å². The lowest BCUT2D eigenvalue weighted by Crippen LogP contribution is -2.47. The number of hydrogen-bond donors (Lipinski definition) is 2. The SMILES string of the molecule is CCNC(C)(CO)CCCN1CCN(C)CC1. The number of hydrogen-bond acceptors (Lipinski definition) is 4. The minimum atomic E-state index is -0.0959. The lowest BCUT2D eigenvalue weighted by Gasteiger charge is -2.34. The van der Waals surface area contributed by atoms with E-state index in [9.17, 15) is 5.11 Å². The Balaban J connectivity index is 2.18. The second-order valence-corrected chi connectivity index (χ2v) is 5.50. The van der Waals surface area contributed by atoms with Crippen molar-refractivity contribution in [3.63, 3.8) is 0 Å². The fraction of sp³-hybridized carbons (Fsp3) is 1.00. The highest BCUT2D eigenvalue weighted by molar-refractivity contribution is 4.82. The van der Waals surface area contributed by atoms with Crippen LogP contribution in [0.1, 0.15) is 26.7 Å². The number of aliphatic hydroxyl groups is 1. The summed E-state index contributed by atoms with van der Waals surface area (Å²) in [7, 11) is 2.19. The Morgan fingerprint density at radius 3 is 2.41 bits per heavy atom. The number of rotatable bonds is 7. The van der Waals surface area contributed by atoms with Crippen LogP contribution in [-0.4, -0.2) is 73.4 Å². The summed E-state index contributed by atoms with van der Waals surface area (Å²) < 4.78 is 0. The van der Waals surface area contributed by atoms with Crippen LogP contribution in [0.15, 0.2) is 0 Å². The smallest absolute Gasteiger partial charge is 0.0610 e. The van der Waals surface area contributed by atoms with Crippen LogP contribution in [0.3, 0.4) is 0 Å². The molecule has 0 aromatic heterocycles. The quantitative estimate of drug-likeness (QED) is 0.678. The first-order valence-electron chi connectivity index (χ1n) is 6.86. The maximum Gasteiger partial charge on any atom is 0.0610 e. The minimum absolute atomic E-state index is 0.0959. The largest absolute Gasteiger partial charge is 0.394 e. The van der Waals surface area contributed by atoms with Gasteiger partial charge in [0, 0.05) is 31.7 Å². The number of nitrogens with zero attached hydrogens (tertiary/aromatic N) is 2. The first-order chi connectivity index (χ1) is 8.09. The van der Waals surface area contributed by atoms with Crippen molar-refractivity contribution >= 4 is 0 Å². The van der Waals surface area contributed by atoms with Gasteiger partial charge in [0.2, 0.25) is 0 Å². The first-order valence-corrected chi connectivity index (χ1v) is 6.86. The zero-order valence-electron chi connectivity index (χ0n) is 11.7. The molecule has 1 aliphatic heterocycles. The molecule has 0 saturated carbocycles. The van der Waals surface area contributed by atoms with Gasteiger partial charge in [0.1, 0.15) is 0 Å². The summed E-state index contributed by atoms with van der Waals surface area (Å²) in [6.07, 6.45) is 2.21. The van der Waals surface area contributed by atoms with Gasteiger partial charge in [-0.3, -0.25) is 0 Å². The van der Waals surface area contributed by atoms with E-state index in [4.69, 9.17) is 0 Å². The summed E-state index contributed by atoms with van der Waals surface area (Å²) in [6.45, 7) is 11.3. The molecule has 4 heteroatoms. The molecule has 0 radical (unpaired) electrons. The Labute approximate surface area is 106 Å². The van der Waals surface area contributed by atoms with E-state index in [1.807, 2.05) is 0 Å². The average molecular weight is 243 g/mol. The maximum atomic E-state index is 9.41. The van der Waals surface area contributed by atoms with Gasteiger partial charge in [-0.1, -0.05) is 6.92 Å². The Hall–Kier alpha value is -0.160. The lowest BCUT2D eigenvalue weighted by atomic mass is 9.96. The molecule has 1 saturated heterocycles. The number of aliphatic hydroxyl groups excluding tert-OH is 1. The van der Waals surface area contributed by atoms with Crippen LogP contribution in [0.4, 0.5) is 0 Å². The molecule has 0 aromatic rings. The summed E-state index contributed by atoms with van der Waals surface area (Å²) in [5.74, 6) is 0. The Bertz CT molecular complexity index is 205. The Morgan fingerprint density at radius 2 is 1.88 bits per heavy atom. The van der Waals surface area contributed by atoms with Gasteiger partial charge in [-0.05, 0) is 39.9 Å². The van der Waals surface area contributed by atoms with E-state index >= 15 is 0 Å². The molecule has 0 aromatic carbocycles. The van der Waals surface area contributed by atoms with Crippen molar-refractivity contribution in [2.24, 2.45) is 0 Å². The molecule has 2 N–H and O–H groups in total. The van der Waals surface area contributed by atoms with Crippen LogP contribution in [-0.2, 0) is 0 Å². The van der Waals surface area contributed by atoms with E-state index in [2.05, 4.69) is 36.0 Å².